The van der Waals surface area contributed by atoms with Crippen LogP contribution in [0.5, 0.6) is 0 Å². The van der Waals surface area contributed by atoms with Gasteiger partial charge < -0.3 is 10.6 Å². The van der Waals surface area contributed by atoms with Crippen molar-refractivity contribution in [3.8, 4) is 0 Å². The van der Waals surface area contributed by atoms with Crippen LogP contribution in [0.15, 0.2) is 12.2 Å². The highest BCUT2D eigenvalue weighted by atomic mass is 32.1. The Bertz CT molecular complexity index is 720. The number of amides is 1. The van der Waals surface area contributed by atoms with Crippen molar-refractivity contribution in [2.45, 2.75) is 20.3 Å². The number of thiophene rings is 1. The van der Waals surface area contributed by atoms with Crippen LogP contribution in [-0.2, 0) is 0 Å². The maximum absolute atomic E-state index is 12.6. The lowest BCUT2D eigenvalue weighted by Crippen LogP contribution is -2.33. The number of carbonyl (C=O) groups excluding carboxylic acids is 1. The van der Waals surface area contributed by atoms with E-state index < -0.39 is 0 Å². The third kappa shape index (κ3) is 1.96. The van der Waals surface area contributed by atoms with Gasteiger partial charge in [-0.3, -0.25) is 4.79 Å². The highest BCUT2D eigenvalue weighted by Gasteiger charge is 2.24. The summed E-state index contributed by atoms with van der Waals surface area (Å²) in [4.78, 5) is 15.7. The van der Waals surface area contributed by atoms with Gasteiger partial charge in [0.15, 0.2) is 0 Å². The van der Waals surface area contributed by atoms with Gasteiger partial charge in [0.25, 0.3) is 5.91 Å². The normalized spacial score (nSPS) is 15.0. The first-order valence-electron chi connectivity index (χ1n) is 6.55. The molecule has 5 nitrogen and oxygen atoms in total. The van der Waals surface area contributed by atoms with Crippen LogP contribution >= 0.6 is 11.3 Å². The van der Waals surface area contributed by atoms with Crippen molar-refractivity contribution in [2.24, 2.45) is 0 Å². The Kier molecular flexibility index (Phi) is 3.17. The van der Waals surface area contributed by atoms with Gasteiger partial charge in [0.2, 0.25) is 0 Å². The van der Waals surface area contributed by atoms with Crippen LogP contribution in [0.4, 0.5) is 5.69 Å². The van der Waals surface area contributed by atoms with Crippen molar-refractivity contribution in [3.05, 3.63) is 28.3 Å². The molecule has 0 radical (unpaired) electrons. The number of carbonyl (C=O) groups is 1. The average Bonchev–Trinajstić information content (AvgIpc) is 2.81. The molecule has 0 spiro atoms. The first-order valence-corrected chi connectivity index (χ1v) is 7.37. The molecule has 0 aromatic carbocycles. The molecular formula is C14H16N4OS. The van der Waals surface area contributed by atoms with Crippen molar-refractivity contribution in [2.75, 3.05) is 18.8 Å². The van der Waals surface area contributed by atoms with Crippen LogP contribution in [0.1, 0.15) is 27.3 Å². The van der Waals surface area contributed by atoms with E-state index >= 15 is 0 Å². The number of hydrogen-bond acceptors (Lipinski definition) is 5. The number of aryl methyl sites for hydroxylation is 2. The molecule has 2 N–H and O–H groups in total. The monoisotopic (exact) mass is 288 g/mol. The summed E-state index contributed by atoms with van der Waals surface area (Å²) in [7, 11) is 0. The van der Waals surface area contributed by atoms with E-state index in [1.165, 1.54) is 11.3 Å². The number of aromatic nitrogens is 2. The summed E-state index contributed by atoms with van der Waals surface area (Å²) in [5, 5.41) is 9.13. The highest BCUT2D eigenvalue weighted by Crippen LogP contribution is 2.35. The number of anilines is 1. The fourth-order valence-corrected chi connectivity index (χ4v) is 3.44. The van der Waals surface area contributed by atoms with Crippen molar-refractivity contribution < 1.29 is 4.79 Å². The van der Waals surface area contributed by atoms with Gasteiger partial charge in [0, 0.05) is 18.5 Å². The second-order valence-corrected chi connectivity index (χ2v) is 5.95. The molecule has 0 atom stereocenters. The summed E-state index contributed by atoms with van der Waals surface area (Å²) in [5.41, 5.74) is 8.59. The highest BCUT2D eigenvalue weighted by molar-refractivity contribution is 7.21. The molecular weight excluding hydrogens is 272 g/mol. The van der Waals surface area contributed by atoms with E-state index in [1.807, 2.05) is 24.8 Å². The van der Waals surface area contributed by atoms with E-state index in [0.717, 1.165) is 34.4 Å². The van der Waals surface area contributed by atoms with Crippen molar-refractivity contribution in [1.82, 2.24) is 15.1 Å². The van der Waals surface area contributed by atoms with Crippen LogP contribution < -0.4 is 5.73 Å². The molecule has 2 aromatic heterocycles. The number of rotatable bonds is 1. The van der Waals surface area contributed by atoms with Gasteiger partial charge in [-0.15, -0.1) is 16.4 Å². The van der Waals surface area contributed by atoms with Gasteiger partial charge in [-0.25, -0.2) is 0 Å². The number of hydrogen-bond donors (Lipinski definition) is 1. The third-order valence-electron chi connectivity index (χ3n) is 3.67. The Morgan fingerprint density at radius 1 is 1.35 bits per heavy atom. The zero-order valence-electron chi connectivity index (χ0n) is 11.5. The van der Waals surface area contributed by atoms with Crippen molar-refractivity contribution in [3.63, 3.8) is 0 Å². The number of nitrogens with two attached hydrogens (primary N) is 1. The Morgan fingerprint density at radius 3 is 2.85 bits per heavy atom. The number of fused-ring (bicyclic) bond motifs is 1. The van der Waals surface area contributed by atoms with E-state index in [4.69, 9.17) is 5.73 Å². The van der Waals surface area contributed by atoms with Crippen LogP contribution in [0.3, 0.4) is 0 Å². The Hall–Kier alpha value is -1.95. The molecule has 2 aromatic rings. The van der Waals surface area contributed by atoms with Crippen LogP contribution in [-0.4, -0.2) is 34.1 Å². The predicted molar refractivity (Wildman–Crippen MR) is 81.0 cm³/mol. The minimum absolute atomic E-state index is 0.00750. The smallest absolute Gasteiger partial charge is 0.266 e. The minimum atomic E-state index is -0.00750. The summed E-state index contributed by atoms with van der Waals surface area (Å²) >= 11 is 1.33. The van der Waals surface area contributed by atoms with Crippen LogP contribution in [0.2, 0.25) is 0 Å². The fraction of sp³-hybridized carbons (Fsp3) is 0.357. The van der Waals surface area contributed by atoms with Gasteiger partial charge in [-0.1, -0.05) is 12.2 Å². The molecule has 20 heavy (non-hydrogen) atoms. The molecule has 0 saturated heterocycles. The molecule has 1 aliphatic rings. The van der Waals surface area contributed by atoms with Gasteiger partial charge in [-0.2, -0.15) is 5.10 Å². The SMILES string of the molecule is Cc1nnc2sc(C(=O)N3CC=CCC3)c(N)c2c1C. The Morgan fingerprint density at radius 2 is 2.15 bits per heavy atom. The lowest BCUT2D eigenvalue weighted by Gasteiger charge is -2.22. The molecule has 0 saturated carbocycles. The topological polar surface area (TPSA) is 72.1 Å². The molecule has 0 bridgehead atoms. The van der Waals surface area contributed by atoms with E-state index in [1.54, 1.807) is 0 Å². The van der Waals surface area contributed by atoms with E-state index in [9.17, 15) is 4.79 Å². The van der Waals surface area contributed by atoms with Gasteiger partial charge in [0.1, 0.15) is 9.71 Å². The van der Waals surface area contributed by atoms with E-state index in [-0.39, 0.29) is 5.91 Å². The molecule has 3 heterocycles. The summed E-state index contributed by atoms with van der Waals surface area (Å²) < 4.78 is 0. The maximum atomic E-state index is 12.6. The fourth-order valence-electron chi connectivity index (χ4n) is 2.37. The molecule has 1 aliphatic heterocycles. The summed E-state index contributed by atoms with van der Waals surface area (Å²) in [5.74, 6) is -0.00750. The molecule has 0 fully saturated rings. The van der Waals surface area contributed by atoms with Crippen LogP contribution in [0.25, 0.3) is 10.2 Å². The quantitative estimate of drug-likeness (QED) is 0.817. The van der Waals surface area contributed by atoms with E-state index in [0.29, 0.717) is 17.1 Å². The third-order valence-corrected chi connectivity index (χ3v) is 4.75. The molecule has 1 amide bonds. The van der Waals surface area contributed by atoms with Gasteiger partial charge in [0.05, 0.1) is 11.4 Å². The average molecular weight is 288 g/mol. The van der Waals surface area contributed by atoms with E-state index in [2.05, 4.69) is 16.3 Å². The minimum Gasteiger partial charge on any atom is -0.397 e. The first-order chi connectivity index (χ1) is 9.59. The summed E-state index contributed by atoms with van der Waals surface area (Å²) in [6, 6.07) is 0. The standard InChI is InChI=1S/C14H16N4OS/c1-8-9(2)16-17-13-10(8)11(15)12(20-13)14(19)18-6-4-3-5-7-18/h3-4H,5-7,15H2,1-2H3. The maximum Gasteiger partial charge on any atom is 0.266 e. The first kappa shape index (κ1) is 13.1. The van der Waals surface area contributed by atoms with Crippen molar-refractivity contribution in [1.29, 1.82) is 0 Å². The summed E-state index contributed by atoms with van der Waals surface area (Å²) in [6.45, 7) is 5.26. The largest absolute Gasteiger partial charge is 0.397 e. The molecule has 6 heteroatoms. The Labute approximate surface area is 121 Å². The second-order valence-electron chi connectivity index (χ2n) is 4.95. The lowest BCUT2D eigenvalue weighted by molar-refractivity contribution is 0.0777. The van der Waals surface area contributed by atoms with Crippen LogP contribution in [0, 0.1) is 13.8 Å². The van der Waals surface area contributed by atoms with Gasteiger partial charge >= 0.3 is 0 Å². The second kappa shape index (κ2) is 4.86. The molecule has 3 rings (SSSR count). The summed E-state index contributed by atoms with van der Waals surface area (Å²) in [6.07, 6.45) is 5.01. The zero-order valence-corrected chi connectivity index (χ0v) is 12.3. The molecule has 104 valence electrons. The Balaban J connectivity index is 2.08. The van der Waals surface area contributed by atoms with Gasteiger partial charge in [-0.05, 0) is 25.8 Å². The molecule has 0 aliphatic carbocycles. The lowest BCUT2D eigenvalue weighted by atomic mass is 10.1. The van der Waals surface area contributed by atoms with Crippen molar-refractivity contribution >= 4 is 33.1 Å². The number of nitrogen functional groups attached to an aromatic ring is 1. The molecule has 0 unspecified atom stereocenters. The number of nitrogens with zero attached hydrogens (tertiary/aromatic N) is 3. The zero-order chi connectivity index (χ0) is 14.3. The predicted octanol–water partition coefficient (Wildman–Crippen LogP) is 2.29.